The number of aromatic nitrogens is 2. The van der Waals surface area contributed by atoms with Gasteiger partial charge in [0.25, 0.3) is 0 Å². The van der Waals surface area contributed by atoms with Crippen LogP contribution in [0.1, 0.15) is 38.1 Å². The lowest BCUT2D eigenvalue weighted by Crippen LogP contribution is -2.34. The van der Waals surface area contributed by atoms with Gasteiger partial charge in [0.05, 0.1) is 6.26 Å². The molecule has 136 valence electrons. The molecule has 1 unspecified atom stereocenters. The number of amides is 2. The van der Waals surface area contributed by atoms with E-state index in [1.807, 2.05) is 48.7 Å². The number of urea groups is 1. The monoisotopic (exact) mass is 352 g/mol. The second-order valence-corrected chi connectivity index (χ2v) is 7.18. The van der Waals surface area contributed by atoms with E-state index in [2.05, 4.69) is 36.5 Å². The van der Waals surface area contributed by atoms with E-state index in [4.69, 9.17) is 4.42 Å². The normalized spacial score (nSPS) is 12.6. The third-order valence-corrected chi connectivity index (χ3v) is 4.18. The largest absolute Gasteiger partial charge is 0.467 e. The molecule has 26 heavy (non-hydrogen) atoms. The maximum atomic E-state index is 12.3. The number of furan rings is 1. The highest BCUT2D eigenvalue weighted by Gasteiger charge is 2.18. The van der Waals surface area contributed by atoms with E-state index in [0.717, 1.165) is 11.4 Å². The van der Waals surface area contributed by atoms with E-state index in [-0.39, 0.29) is 17.5 Å². The number of nitrogens with zero attached hydrogens (tertiary/aromatic N) is 2. The smallest absolute Gasteiger partial charge is 0.319 e. The topological polar surface area (TPSA) is 72.1 Å². The number of nitrogens with one attached hydrogen (secondary N) is 2. The third-order valence-electron chi connectivity index (χ3n) is 4.18. The molecule has 2 amide bonds. The highest BCUT2D eigenvalue weighted by molar-refractivity contribution is 5.89. The van der Waals surface area contributed by atoms with E-state index >= 15 is 0 Å². The fourth-order valence-corrected chi connectivity index (χ4v) is 2.69. The number of carbonyl (C=O) groups excluding carboxylic acids is 1. The molecule has 1 atom stereocenters. The zero-order valence-electron chi connectivity index (χ0n) is 15.3. The van der Waals surface area contributed by atoms with Crippen LogP contribution in [0.5, 0.6) is 0 Å². The third kappa shape index (κ3) is 4.33. The van der Waals surface area contributed by atoms with Crippen molar-refractivity contribution < 1.29 is 9.21 Å². The van der Waals surface area contributed by atoms with Crippen molar-refractivity contribution in [3.05, 3.63) is 72.4 Å². The molecule has 6 nitrogen and oxygen atoms in total. The van der Waals surface area contributed by atoms with Crippen molar-refractivity contribution in [3.63, 3.8) is 0 Å². The lowest BCUT2D eigenvalue weighted by Gasteiger charge is -2.19. The van der Waals surface area contributed by atoms with E-state index in [1.165, 1.54) is 5.56 Å². The average Bonchev–Trinajstić information content (AvgIpc) is 3.29. The molecular weight excluding hydrogens is 328 g/mol. The van der Waals surface area contributed by atoms with Crippen LogP contribution in [0.2, 0.25) is 0 Å². The number of rotatable bonds is 5. The summed E-state index contributed by atoms with van der Waals surface area (Å²) in [6, 6.07) is 13.0. The maximum absolute atomic E-state index is 12.3. The fourth-order valence-electron chi connectivity index (χ4n) is 2.69. The van der Waals surface area contributed by atoms with E-state index < -0.39 is 0 Å². The second-order valence-electron chi connectivity index (χ2n) is 7.18. The molecule has 0 aliphatic rings. The first-order chi connectivity index (χ1) is 12.4. The predicted molar refractivity (Wildman–Crippen MR) is 101 cm³/mol. The predicted octanol–water partition coefficient (Wildman–Crippen LogP) is 4.18. The van der Waals surface area contributed by atoms with Gasteiger partial charge in [0.1, 0.15) is 11.8 Å². The number of benzene rings is 1. The van der Waals surface area contributed by atoms with Crippen LogP contribution in [-0.2, 0) is 5.41 Å². The highest BCUT2D eigenvalue weighted by atomic mass is 16.3. The first-order valence-electron chi connectivity index (χ1n) is 8.61. The highest BCUT2D eigenvalue weighted by Crippen LogP contribution is 2.23. The zero-order valence-corrected chi connectivity index (χ0v) is 15.3. The van der Waals surface area contributed by atoms with Crippen LogP contribution in [0.25, 0.3) is 0 Å². The van der Waals surface area contributed by atoms with Gasteiger partial charge in [-0.15, -0.1) is 0 Å². The quantitative estimate of drug-likeness (QED) is 0.723. The molecule has 3 aromatic rings. The van der Waals surface area contributed by atoms with E-state index in [0.29, 0.717) is 6.54 Å². The van der Waals surface area contributed by atoms with Gasteiger partial charge >= 0.3 is 6.03 Å². The molecule has 0 bridgehead atoms. The molecule has 0 fully saturated rings. The van der Waals surface area contributed by atoms with E-state index in [9.17, 15) is 4.79 Å². The lowest BCUT2D eigenvalue weighted by atomic mass is 9.87. The van der Waals surface area contributed by atoms with Crippen LogP contribution in [0.3, 0.4) is 0 Å². The van der Waals surface area contributed by atoms with Crippen molar-refractivity contribution in [1.82, 2.24) is 15.1 Å². The van der Waals surface area contributed by atoms with Crippen LogP contribution in [-0.4, -0.2) is 22.4 Å². The molecule has 0 saturated carbocycles. The van der Waals surface area contributed by atoms with Crippen LogP contribution in [0.15, 0.2) is 65.5 Å². The van der Waals surface area contributed by atoms with Gasteiger partial charge in [-0.3, -0.25) is 4.68 Å². The van der Waals surface area contributed by atoms with Crippen LogP contribution in [0.4, 0.5) is 10.5 Å². The molecule has 1 aromatic carbocycles. The summed E-state index contributed by atoms with van der Waals surface area (Å²) < 4.78 is 7.24. The van der Waals surface area contributed by atoms with Gasteiger partial charge in [-0.25, -0.2) is 4.79 Å². The van der Waals surface area contributed by atoms with Crippen LogP contribution in [0, 0.1) is 0 Å². The summed E-state index contributed by atoms with van der Waals surface area (Å²) in [4.78, 5) is 12.3. The van der Waals surface area contributed by atoms with Gasteiger partial charge in [0.2, 0.25) is 0 Å². The Kier molecular flexibility index (Phi) is 5.11. The summed E-state index contributed by atoms with van der Waals surface area (Å²) in [5.41, 5.74) is 2.06. The molecule has 0 aliphatic heterocycles. The molecule has 0 aliphatic carbocycles. The summed E-state index contributed by atoms with van der Waals surface area (Å²) in [6.07, 6.45) is 5.16. The van der Waals surface area contributed by atoms with Gasteiger partial charge in [-0.2, -0.15) is 5.10 Å². The molecule has 2 N–H and O–H groups in total. The zero-order chi connectivity index (χ0) is 18.6. The Balaban J connectivity index is 1.61. The summed E-state index contributed by atoms with van der Waals surface area (Å²) >= 11 is 0. The van der Waals surface area contributed by atoms with Crippen molar-refractivity contribution in [2.24, 2.45) is 0 Å². The molecular formula is C20H24N4O2. The molecule has 0 spiro atoms. The summed E-state index contributed by atoms with van der Waals surface area (Å²) in [7, 11) is 0. The number of anilines is 1. The Morgan fingerprint density at radius 3 is 2.54 bits per heavy atom. The molecule has 2 aromatic heterocycles. The Morgan fingerprint density at radius 2 is 1.96 bits per heavy atom. The van der Waals surface area contributed by atoms with Crippen molar-refractivity contribution >= 4 is 11.7 Å². The minimum Gasteiger partial charge on any atom is -0.467 e. The number of carbonyl (C=O) groups is 1. The van der Waals surface area contributed by atoms with Crippen LogP contribution >= 0.6 is 0 Å². The molecule has 0 saturated heterocycles. The average molecular weight is 352 g/mol. The van der Waals surface area contributed by atoms with Crippen molar-refractivity contribution in [1.29, 1.82) is 0 Å². The Hall–Kier alpha value is -3.02. The van der Waals surface area contributed by atoms with Gasteiger partial charge in [0.15, 0.2) is 0 Å². The Morgan fingerprint density at radius 1 is 1.19 bits per heavy atom. The summed E-state index contributed by atoms with van der Waals surface area (Å²) in [6.45, 7) is 6.84. The number of hydrogen-bond acceptors (Lipinski definition) is 3. The molecule has 6 heteroatoms. The van der Waals surface area contributed by atoms with Gasteiger partial charge in [-0.05, 0) is 41.3 Å². The lowest BCUT2D eigenvalue weighted by molar-refractivity contribution is 0.250. The van der Waals surface area contributed by atoms with Gasteiger partial charge < -0.3 is 15.1 Å². The fraction of sp³-hybridized carbons (Fsp3) is 0.300. The first-order valence-corrected chi connectivity index (χ1v) is 8.61. The standard InChI is InChI=1S/C20H24N4O2/c1-20(2,3)15-7-9-16(10-8-15)23-19(25)21-14-17(18-6-4-13-26-18)24-12-5-11-22-24/h4-13,17H,14H2,1-3H3,(H2,21,23,25). The second kappa shape index (κ2) is 7.47. The van der Waals surface area contributed by atoms with Crippen molar-refractivity contribution in [2.45, 2.75) is 32.2 Å². The first kappa shape index (κ1) is 17.8. The molecule has 2 heterocycles. The Bertz CT molecular complexity index is 782. The molecule has 3 rings (SSSR count). The maximum Gasteiger partial charge on any atom is 0.319 e. The summed E-state index contributed by atoms with van der Waals surface area (Å²) in [5.74, 6) is 0.739. The Labute approximate surface area is 153 Å². The molecule has 0 radical (unpaired) electrons. The summed E-state index contributed by atoms with van der Waals surface area (Å²) in [5, 5.41) is 9.99. The van der Waals surface area contributed by atoms with E-state index in [1.54, 1.807) is 17.1 Å². The van der Waals surface area contributed by atoms with Crippen molar-refractivity contribution in [2.75, 3.05) is 11.9 Å². The minimum absolute atomic E-state index is 0.0841. The number of hydrogen-bond donors (Lipinski definition) is 2. The van der Waals surface area contributed by atoms with Crippen molar-refractivity contribution in [3.8, 4) is 0 Å². The van der Waals surface area contributed by atoms with Gasteiger partial charge in [0, 0.05) is 24.6 Å². The van der Waals surface area contributed by atoms with Gasteiger partial charge in [-0.1, -0.05) is 32.9 Å². The SMILES string of the molecule is CC(C)(C)c1ccc(NC(=O)NCC(c2ccco2)n2cccn2)cc1. The minimum atomic E-state index is -0.266. The van der Waals surface area contributed by atoms with Crippen LogP contribution < -0.4 is 10.6 Å².